The first-order valence-corrected chi connectivity index (χ1v) is 11.6. The van der Waals surface area contributed by atoms with E-state index in [0.29, 0.717) is 12.5 Å². The normalized spacial score (nSPS) is 14.7. The number of ether oxygens (including phenoxy) is 1. The van der Waals surface area contributed by atoms with Crippen LogP contribution in [0, 0.1) is 12.7 Å². The van der Waals surface area contributed by atoms with E-state index in [-0.39, 0.29) is 5.82 Å². The molecule has 0 N–H and O–H groups in total. The number of rotatable bonds is 7. The van der Waals surface area contributed by atoms with Crippen LogP contribution < -0.4 is 9.64 Å². The molecule has 5 nitrogen and oxygen atoms in total. The van der Waals surface area contributed by atoms with Gasteiger partial charge in [-0.05, 0) is 61.4 Å². The maximum Gasteiger partial charge on any atom is 0.226 e. The minimum atomic E-state index is -0.256. The summed E-state index contributed by atoms with van der Waals surface area (Å²) >= 11 is 0. The minimum Gasteiger partial charge on any atom is -0.477 e. The van der Waals surface area contributed by atoms with Gasteiger partial charge in [-0.3, -0.25) is 9.30 Å². The van der Waals surface area contributed by atoms with E-state index in [9.17, 15) is 4.39 Å². The molecule has 5 rings (SSSR count). The Morgan fingerprint density at radius 1 is 0.909 bits per heavy atom. The molecule has 1 saturated heterocycles. The summed E-state index contributed by atoms with van der Waals surface area (Å²) in [6, 6.07) is 21.1. The second kappa shape index (κ2) is 9.63. The quantitative estimate of drug-likeness (QED) is 0.374. The number of aryl methyl sites for hydroxylation is 1. The summed E-state index contributed by atoms with van der Waals surface area (Å²) < 4.78 is 21.7. The molecule has 2 aromatic carbocycles. The van der Waals surface area contributed by atoms with Crippen molar-refractivity contribution < 1.29 is 9.13 Å². The molecule has 0 saturated carbocycles. The molecule has 4 aromatic rings. The molecule has 33 heavy (non-hydrogen) atoms. The molecule has 1 fully saturated rings. The minimum absolute atomic E-state index is 0.256. The van der Waals surface area contributed by atoms with E-state index in [2.05, 4.69) is 47.1 Å². The highest BCUT2D eigenvalue weighted by Gasteiger charge is 2.18. The molecular formula is C27H29FN4O. The summed E-state index contributed by atoms with van der Waals surface area (Å²) in [7, 11) is 0. The lowest BCUT2D eigenvalue weighted by Gasteiger charge is -2.36. The molecule has 3 heterocycles. The van der Waals surface area contributed by atoms with Gasteiger partial charge in [-0.15, -0.1) is 0 Å². The number of pyridine rings is 1. The third kappa shape index (κ3) is 4.86. The largest absolute Gasteiger partial charge is 0.477 e. The van der Waals surface area contributed by atoms with E-state index in [4.69, 9.17) is 9.72 Å². The first-order valence-electron chi connectivity index (χ1n) is 11.6. The molecule has 0 amide bonds. The van der Waals surface area contributed by atoms with Gasteiger partial charge < -0.3 is 9.64 Å². The van der Waals surface area contributed by atoms with E-state index < -0.39 is 0 Å². The smallest absolute Gasteiger partial charge is 0.226 e. The fraction of sp³-hybridized carbons (Fsp3) is 0.296. The van der Waals surface area contributed by atoms with Gasteiger partial charge in [0.1, 0.15) is 17.2 Å². The number of imidazole rings is 1. The van der Waals surface area contributed by atoms with Crippen LogP contribution in [0.5, 0.6) is 5.88 Å². The van der Waals surface area contributed by atoms with Gasteiger partial charge in [-0.2, -0.15) is 0 Å². The van der Waals surface area contributed by atoms with Crippen molar-refractivity contribution in [2.24, 2.45) is 0 Å². The monoisotopic (exact) mass is 444 g/mol. The van der Waals surface area contributed by atoms with Crippen LogP contribution in [0.25, 0.3) is 16.9 Å². The van der Waals surface area contributed by atoms with E-state index in [1.165, 1.54) is 17.8 Å². The van der Waals surface area contributed by atoms with Crippen LogP contribution in [0.3, 0.4) is 0 Å². The highest BCUT2D eigenvalue weighted by atomic mass is 19.1. The number of piperazine rings is 1. The van der Waals surface area contributed by atoms with Crippen LogP contribution in [-0.2, 0) is 0 Å². The highest BCUT2D eigenvalue weighted by molar-refractivity contribution is 5.69. The first kappa shape index (κ1) is 21.5. The summed E-state index contributed by atoms with van der Waals surface area (Å²) in [6.07, 6.45) is 2.97. The number of benzene rings is 2. The van der Waals surface area contributed by atoms with E-state index in [0.717, 1.165) is 61.6 Å². The van der Waals surface area contributed by atoms with E-state index in [1.807, 2.05) is 22.7 Å². The Morgan fingerprint density at radius 3 is 2.42 bits per heavy atom. The standard InChI is InChI=1S/C27H29FN4O/c1-21-8-13-25-29-26(22-9-11-23(28)12-10-22)27(32(25)20-21)33-19-5-14-30-15-17-31(18-16-30)24-6-3-2-4-7-24/h2-4,6-13,20H,5,14-19H2,1H3. The van der Waals surface area contributed by atoms with Gasteiger partial charge in [-0.1, -0.05) is 24.3 Å². The van der Waals surface area contributed by atoms with Gasteiger partial charge >= 0.3 is 0 Å². The van der Waals surface area contributed by atoms with Crippen LogP contribution in [0.4, 0.5) is 10.1 Å². The van der Waals surface area contributed by atoms with Crippen LogP contribution in [0.2, 0.25) is 0 Å². The fourth-order valence-corrected chi connectivity index (χ4v) is 4.39. The summed E-state index contributed by atoms with van der Waals surface area (Å²) in [5.74, 6) is 0.461. The summed E-state index contributed by atoms with van der Waals surface area (Å²) in [5, 5.41) is 0. The van der Waals surface area contributed by atoms with E-state index in [1.54, 1.807) is 12.1 Å². The number of fused-ring (bicyclic) bond motifs is 1. The number of nitrogens with zero attached hydrogens (tertiary/aromatic N) is 4. The lowest BCUT2D eigenvalue weighted by Crippen LogP contribution is -2.46. The van der Waals surface area contributed by atoms with Crippen molar-refractivity contribution in [1.29, 1.82) is 0 Å². The van der Waals surface area contributed by atoms with Crippen molar-refractivity contribution in [3.05, 3.63) is 84.3 Å². The fourth-order valence-electron chi connectivity index (χ4n) is 4.39. The lowest BCUT2D eigenvalue weighted by molar-refractivity contribution is 0.221. The number of hydrogen-bond donors (Lipinski definition) is 0. The van der Waals surface area contributed by atoms with Crippen molar-refractivity contribution in [2.45, 2.75) is 13.3 Å². The molecule has 0 spiro atoms. The number of para-hydroxylation sites is 1. The third-order valence-corrected chi connectivity index (χ3v) is 6.19. The summed E-state index contributed by atoms with van der Waals surface area (Å²) in [4.78, 5) is 9.71. The number of hydrogen-bond acceptors (Lipinski definition) is 4. The third-order valence-electron chi connectivity index (χ3n) is 6.19. The van der Waals surface area contributed by atoms with Gasteiger partial charge in [0, 0.05) is 50.2 Å². The molecule has 2 aromatic heterocycles. The van der Waals surface area contributed by atoms with Crippen LogP contribution >= 0.6 is 0 Å². The van der Waals surface area contributed by atoms with Gasteiger partial charge in [-0.25, -0.2) is 9.37 Å². The van der Waals surface area contributed by atoms with Crippen molar-refractivity contribution in [2.75, 3.05) is 44.2 Å². The summed E-state index contributed by atoms with van der Waals surface area (Å²) in [6.45, 7) is 7.88. The first-order chi connectivity index (χ1) is 16.2. The Morgan fingerprint density at radius 2 is 1.67 bits per heavy atom. The van der Waals surface area contributed by atoms with Gasteiger partial charge in [0.2, 0.25) is 5.88 Å². The predicted octanol–water partition coefficient (Wildman–Crippen LogP) is 5.04. The average Bonchev–Trinajstić information content (AvgIpc) is 3.21. The Labute approximate surface area is 194 Å². The van der Waals surface area contributed by atoms with Crippen molar-refractivity contribution in [1.82, 2.24) is 14.3 Å². The van der Waals surface area contributed by atoms with Gasteiger partial charge in [0.15, 0.2) is 0 Å². The molecule has 0 aliphatic carbocycles. The number of halogens is 1. The Balaban J connectivity index is 1.21. The molecule has 6 heteroatoms. The second-order valence-electron chi connectivity index (χ2n) is 8.57. The maximum atomic E-state index is 13.4. The zero-order valence-electron chi connectivity index (χ0n) is 19.0. The van der Waals surface area contributed by atoms with Crippen LogP contribution in [0.1, 0.15) is 12.0 Å². The molecule has 0 bridgehead atoms. The molecule has 1 aliphatic heterocycles. The van der Waals surface area contributed by atoms with Crippen molar-refractivity contribution in [3.8, 4) is 17.1 Å². The van der Waals surface area contributed by atoms with Crippen molar-refractivity contribution in [3.63, 3.8) is 0 Å². The zero-order chi connectivity index (χ0) is 22.6. The van der Waals surface area contributed by atoms with E-state index >= 15 is 0 Å². The van der Waals surface area contributed by atoms with Gasteiger partial charge in [0.25, 0.3) is 0 Å². The maximum absolute atomic E-state index is 13.4. The molecular weight excluding hydrogens is 415 g/mol. The average molecular weight is 445 g/mol. The SMILES string of the molecule is Cc1ccc2nc(-c3ccc(F)cc3)c(OCCCN3CCN(c4ccccc4)CC3)n2c1. The Kier molecular flexibility index (Phi) is 6.26. The summed E-state index contributed by atoms with van der Waals surface area (Å²) in [5.41, 5.74) is 4.86. The highest BCUT2D eigenvalue weighted by Crippen LogP contribution is 2.31. The Hall–Kier alpha value is -3.38. The Bertz CT molecular complexity index is 1200. The molecule has 0 unspecified atom stereocenters. The molecule has 0 radical (unpaired) electrons. The number of aromatic nitrogens is 2. The predicted molar refractivity (Wildman–Crippen MR) is 131 cm³/mol. The molecule has 0 atom stereocenters. The van der Waals surface area contributed by atoms with Crippen LogP contribution in [-0.4, -0.2) is 53.6 Å². The number of anilines is 1. The topological polar surface area (TPSA) is 33.0 Å². The van der Waals surface area contributed by atoms with Gasteiger partial charge in [0.05, 0.1) is 6.61 Å². The van der Waals surface area contributed by atoms with Crippen LogP contribution in [0.15, 0.2) is 72.9 Å². The second-order valence-corrected chi connectivity index (χ2v) is 8.57. The zero-order valence-corrected chi connectivity index (χ0v) is 19.0. The molecule has 1 aliphatic rings. The lowest BCUT2D eigenvalue weighted by atomic mass is 10.1. The molecule has 170 valence electrons. The van der Waals surface area contributed by atoms with Crippen molar-refractivity contribution >= 4 is 11.3 Å².